The van der Waals surface area contributed by atoms with E-state index >= 15 is 0 Å². The standard InChI is InChI=1S/C11H13FN2O3/c1-6-3-8(6)13-9-5-11(17-2)10(14(15)16)4-7(9)12/h4-6,8,13H,3H2,1-2H3. The van der Waals surface area contributed by atoms with E-state index in [9.17, 15) is 14.5 Å². The topological polar surface area (TPSA) is 64.4 Å². The second-order valence-corrected chi connectivity index (χ2v) is 4.22. The third-order valence-electron chi connectivity index (χ3n) is 2.92. The first kappa shape index (κ1) is 11.6. The predicted octanol–water partition coefficient (Wildman–Crippen LogP) is 2.56. The number of halogens is 1. The zero-order valence-corrected chi connectivity index (χ0v) is 9.57. The molecule has 0 bridgehead atoms. The van der Waals surface area contributed by atoms with Gasteiger partial charge in [0.25, 0.3) is 0 Å². The fraction of sp³-hybridized carbons (Fsp3) is 0.455. The maximum Gasteiger partial charge on any atom is 0.313 e. The second-order valence-electron chi connectivity index (χ2n) is 4.22. The van der Waals surface area contributed by atoms with Gasteiger partial charge in [0.2, 0.25) is 0 Å². The van der Waals surface area contributed by atoms with Gasteiger partial charge >= 0.3 is 5.69 Å². The maximum atomic E-state index is 13.6. The zero-order chi connectivity index (χ0) is 12.6. The summed E-state index contributed by atoms with van der Waals surface area (Å²) in [6, 6.07) is 2.46. The Morgan fingerprint density at radius 3 is 2.71 bits per heavy atom. The lowest BCUT2D eigenvalue weighted by molar-refractivity contribution is -0.385. The van der Waals surface area contributed by atoms with E-state index in [2.05, 4.69) is 12.2 Å². The number of methoxy groups -OCH3 is 1. The SMILES string of the molecule is COc1cc(NC2CC2C)c(F)cc1[N+](=O)[O-]. The minimum atomic E-state index is -0.661. The van der Waals surface area contributed by atoms with Crippen molar-refractivity contribution in [1.82, 2.24) is 0 Å². The monoisotopic (exact) mass is 240 g/mol. The Hall–Kier alpha value is -1.85. The van der Waals surface area contributed by atoms with Crippen molar-refractivity contribution in [1.29, 1.82) is 0 Å². The van der Waals surface area contributed by atoms with Crippen molar-refractivity contribution in [3.05, 3.63) is 28.1 Å². The minimum absolute atomic E-state index is 0.0622. The van der Waals surface area contributed by atoms with Gasteiger partial charge in [-0.25, -0.2) is 4.39 Å². The molecule has 1 aliphatic rings. The summed E-state index contributed by atoms with van der Waals surface area (Å²) in [7, 11) is 1.32. The lowest BCUT2D eigenvalue weighted by Crippen LogP contribution is -2.06. The van der Waals surface area contributed by atoms with Gasteiger partial charge in [0, 0.05) is 12.1 Å². The van der Waals surface area contributed by atoms with E-state index in [-0.39, 0.29) is 23.2 Å². The Morgan fingerprint density at radius 1 is 1.59 bits per heavy atom. The van der Waals surface area contributed by atoms with Crippen LogP contribution in [0, 0.1) is 21.8 Å². The van der Waals surface area contributed by atoms with E-state index in [0.717, 1.165) is 12.5 Å². The van der Waals surface area contributed by atoms with Crippen LogP contribution in [0.3, 0.4) is 0 Å². The molecule has 1 aromatic rings. The Bertz CT molecular complexity index is 464. The number of nitro benzene ring substituents is 1. The summed E-state index contributed by atoms with van der Waals surface area (Å²) in [5.74, 6) is -0.0561. The molecule has 1 aliphatic carbocycles. The number of hydrogen-bond donors (Lipinski definition) is 1. The number of hydrogen-bond acceptors (Lipinski definition) is 4. The summed E-state index contributed by atoms with van der Waals surface area (Å²) in [6.45, 7) is 2.05. The van der Waals surface area contributed by atoms with Crippen LogP contribution in [0.15, 0.2) is 12.1 Å². The molecule has 5 nitrogen and oxygen atoms in total. The van der Waals surface area contributed by atoms with Gasteiger partial charge in [0.15, 0.2) is 11.6 Å². The maximum absolute atomic E-state index is 13.6. The number of rotatable bonds is 4. The number of nitrogens with zero attached hydrogens (tertiary/aromatic N) is 1. The van der Waals surface area contributed by atoms with Crippen LogP contribution in [0.4, 0.5) is 15.8 Å². The molecular formula is C11H13FN2O3. The highest BCUT2D eigenvalue weighted by Gasteiger charge is 2.33. The molecule has 2 atom stereocenters. The molecule has 0 radical (unpaired) electrons. The zero-order valence-electron chi connectivity index (χ0n) is 9.57. The molecule has 0 heterocycles. The van der Waals surface area contributed by atoms with E-state index in [1.165, 1.54) is 13.2 Å². The van der Waals surface area contributed by atoms with E-state index in [1.807, 2.05) is 0 Å². The molecule has 1 fully saturated rings. The van der Waals surface area contributed by atoms with Gasteiger partial charge in [-0.15, -0.1) is 0 Å². The third kappa shape index (κ3) is 2.30. The normalized spacial score (nSPS) is 22.1. The van der Waals surface area contributed by atoms with Crippen molar-refractivity contribution in [3.8, 4) is 5.75 Å². The number of nitrogens with one attached hydrogen (secondary N) is 1. The van der Waals surface area contributed by atoms with Gasteiger partial charge in [-0.2, -0.15) is 0 Å². The fourth-order valence-corrected chi connectivity index (χ4v) is 1.68. The Balaban J connectivity index is 2.30. The average molecular weight is 240 g/mol. The van der Waals surface area contributed by atoms with Gasteiger partial charge < -0.3 is 10.1 Å². The molecule has 1 N–H and O–H groups in total. The van der Waals surface area contributed by atoms with Gasteiger partial charge in [0.05, 0.1) is 23.8 Å². The summed E-state index contributed by atoms with van der Waals surface area (Å²) in [6.07, 6.45) is 0.985. The van der Waals surface area contributed by atoms with Crippen molar-refractivity contribution in [2.24, 2.45) is 5.92 Å². The minimum Gasteiger partial charge on any atom is -0.490 e. The van der Waals surface area contributed by atoms with Gasteiger partial charge in [-0.1, -0.05) is 6.92 Å². The third-order valence-corrected chi connectivity index (χ3v) is 2.92. The van der Waals surface area contributed by atoms with Crippen molar-refractivity contribution in [2.45, 2.75) is 19.4 Å². The molecule has 2 unspecified atom stereocenters. The highest BCUT2D eigenvalue weighted by atomic mass is 19.1. The van der Waals surface area contributed by atoms with Crippen LogP contribution in [-0.4, -0.2) is 18.1 Å². The summed E-state index contributed by atoms with van der Waals surface area (Å²) < 4.78 is 18.5. The van der Waals surface area contributed by atoms with Crippen molar-refractivity contribution >= 4 is 11.4 Å². The van der Waals surface area contributed by atoms with E-state index < -0.39 is 10.7 Å². The molecule has 0 aromatic heterocycles. The van der Waals surface area contributed by atoms with E-state index in [0.29, 0.717) is 5.92 Å². The number of anilines is 1. The van der Waals surface area contributed by atoms with Crippen molar-refractivity contribution in [2.75, 3.05) is 12.4 Å². The van der Waals surface area contributed by atoms with Gasteiger partial charge in [0.1, 0.15) is 0 Å². The molecule has 0 saturated heterocycles. The van der Waals surface area contributed by atoms with Gasteiger partial charge in [-0.3, -0.25) is 10.1 Å². The first-order valence-electron chi connectivity index (χ1n) is 5.31. The largest absolute Gasteiger partial charge is 0.490 e. The molecule has 6 heteroatoms. The van der Waals surface area contributed by atoms with Crippen LogP contribution < -0.4 is 10.1 Å². The Kier molecular flexibility index (Phi) is 2.87. The Labute approximate surface area is 97.7 Å². The summed E-state index contributed by atoms with van der Waals surface area (Å²) in [5, 5.41) is 13.7. The predicted molar refractivity (Wildman–Crippen MR) is 60.8 cm³/mol. The molecular weight excluding hydrogens is 227 g/mol. The molecule has 92 valence electrons. The van der Waals surface area contributed by atoms with Crippen LogP contribution in [0.1, 0.15) is 13.3 Å². The van der Waals surface area contributed by atoms with Crippen LogP contribution in [-0.2, 0) is 0 Å². The van der Waals surface area contributed by atoms with E-state index in [1.54, 1.807) is 0 Å². The lowest BCUT2D eigenvalue weighted by Gasteiger charge is -2.09. The smallest absolute Gasteiger partial charge is 0.313 e. The van der Waals surface area contributed by atoms with Crippen molar-refractivity contribution in [3.63, 3.8) is 0 Å². The van der Waals surface area contributed by atoms with Crippen LogP contribution in [0.5, 0.6) is 5.75 Å². The van der Waals surface area contributed by atoms with Crippen LogP contribution >= 0.6 is 0 Å². The average Bonchev–Trinajstić information content (AvgIpc) is 2.96. The van der Waals surface area contributed by atoms with Crippen LogP contribution in [0.25, 0.3) is 0 Å². The number of nitro groups is 1. The Morgan fingerprint density at radius 2 is 2.24 bits per heavy atom. The molecule has 2 rings (SSSR count). The molecule has 1 saturated carbocycles. The molecule has 0 aliphatic heterocycles. The first-order chi connectivity index (χ1) is 8.02. The molecule has 0 amide bonds. The quantitative estimate of drug-likeness (QED) is 0.648. The second kappa shape index (κ2) is 4.20. The molecule has 17 heavy (non-hydrogen) atoms. The first-order valence-corrected chi connectivity index (χ1v) is 5.31. The highest BCUT2D eigenvalue weighted by Crippen LogP contribution is 2.37. The molecule has 1 aromatic carbocycles. The van der Waals surface area contributed by atoms with E-state index in [4.69, 9.17) is 4.74 Å². The number of benzene rings is 1. The lowest BCUT2D eigenvalue weighted by atomic mass is 10.2. The van der Waals surface area contributed by atoms with Gasteiger partial charge in [-0.05, 0) is 12.3 Å². The summed E-state index contributed by atoms with van der Waals surface area (Å²) >= 11 is 0. The number of ether oxygens (including phenoxy) is 1. The summed E-state index contributed by atoms with van der Waals surface area (Å²) in [5.41, 5.74) is -0.110. The van der Waals surface area contributed by atoms with Crippen LogP contribution in [0.2, 0.25) is 0 Å². The molecule has 0 spiro atoms. The fourth-order valence-electron chi connectivity index (χ4n) is 1.68. The highest BCUT2D eigenvalue weighted by molar-refractivity contribution is 5.59. The summed E-state index contributed by atoms with van der Waals surface area (Å²) in [4.78, 5) is 10.0. The van der Waals surface area contributed by atoms with Crippen molar-refractivity contribution < 1.29 is 14.1 Å².